The Bertz CT molecular complexity index is 360. The third-order valence-electron chi connectivity index (χ3n) is 4.24. The molecule has 0 aromatic carbocycles. The fourth-order valence-corrected chi connectivity index (χ4v) is 2.47. The second-order valence-corrected chi connectivity index (χ2v) is 9.03. The minimum Gasteiger partial charge on any atom is -0.550 e. The van der Waals surface area contributed by atoms with Crippen LogP contribution in [0.1, 0.15) is 119 Å². The summed E-state index contributed by atoms with van der Waals surface area (Å²) in [5, 5.41) is 29.8. The van der Waals surface area contributed by atoms with Crippen molar-refractivity contribution >= 4 is 17.9 Å². The summed E-state index contributed by atoms with van der Waals surface area (Å²) in [5.41, 5.74) is 0. The summed E-state index contributed by atoms with van der Waals surface area (Å²) in [6.45, 7) is 12.8. The zero-order valence-corrected chi connectivity index (χ0v) is 24.4. The van der Waals surface area contributed by atoms with Crippen molar-refractivity contribution in [1.82, 2.24) is 0 Å². The first-order chi connectivity index (χ1) is 13.9. The molecule has 0 radical (unpaired) electrons. The molecule has 0 aliphatic heterocycles. The Morgan fingerprint density at radius 2 is 0.677 bits per heavy atom. The predicted molar refractivity (Wildman–Crippen MR) is 115 cm³/mol. The SMILES string of the molecule is CC(C)CCCCC(=O)[O-].CC(C)CCCCC(=O)[O-].CC(C)CCCCC(=O)[O-].[La+3]. The maximum atomic E-state index is 9.93. The molecule has 0 spiro atoms. The minimum atomic E-state index is -0.927. The van der Waals surface area contributed by atoms with Crippen LogP contribution in [0.2, 0.25) is 0 Å². The van der Waals surface area contributed by atoms with E-state index in [1.165, 1.54) is 0 Å². The number of carbonyl (C=O) groups excluding carboxylic acids is 3. The Kier molecular flexibility index (Phi) is 33.8. The van der Waals surface area contributed by atoms with E-state index in [2.05, 4.69) is 41.5 Å². The van der Waals surface area contributed by atoms with Gasteiger partial charge in [0.05, 0.1) is 0 Å². The molecule has 0 aliphatic rings. The van der Waals surface area contributed by atoms with E-state index in [0.29, 0.717) is 17.8 Å². The second kappa shape index (κ2) is 27.6. The molecule has 0 atom stereocenters. The van der Waals surface area contributed by atoms with Gasteiger partial charge in [-0.25, -0.2) is 0 Å². The summed E-state index contributed by atoms with van der Waals surface area (Å²) >= 11 is 0. The van der Waals surface area contributed by atoms with E-state index in [-0.39, 0.29) is 54.9 Å². The Balaban J connectivity index is -0.000000174. The maximum Gasteiger partial charge on any atom is 3.00 e. The van der Waals surface area contributed by atoms with E-state index in [4.69, 9.17) is 0 Å². The zero-order valence-electron chi connectivity index (χ0n) is 20.7. The van der Waals surface area contributed by atoms with Gasteiger partial charge in [-0.3, -0.25) is 0 Å². The van der Waals surface area contributed by atoms with Gasteiger partial charge in [0.1, 0.15) is 0 Å². The molecule has 0 aliphatic carbocycles. The molecule has 0 fully saturated rings. The van der Waals surface area contributed by atoms with E-state index in [0.717, 1.165) is 57.8 Å². The van der Waals surface area contributed by atoms with Gasteiger partial charge in [0.25, 0.3) is 0 Å². The Morgan fingerprint density at radius 3 is 0.806 bits per heavy atom. The molecule has 0 aromatic rings. The standard InChI is InChI=1S/3C8H16O2.La/c3*1-7(2)5-3-4-6-8(9)10;/h3*7H,3-6H2,1-2H3,(H,9,10);/q;;;+3/p-3. The molecule has 0 bridgehead atoms. The van der Waals surface area contributed by atoms with Gasteiger partial charge in [0.15, 0.2) is 0 Å². The molecular formula is C24H45LaO6. The largest absolute Gasteiger partial charge is 3.00 e. The number of unbranched alkanes of at least 4 members (excludes halogenated alkanes) is 3. The zero-order chi connectivity index (χ0) is 23.9. The summed E-state index contributed by atoms with van der Waals surface area (Å²) in [6.07, 6.45) is 9.31. The fraction of sp³-hybridized carbons (Fsp3) is 0.875. The molecule has 0 aromatic heterocycles. The van der Waals surface area contributed by atoms with Crippen molar-refractivity contribution in [2.24, 2.45) is 17.8 Å². The molecular weight excluding hydrogens is 523 g/mol. The molecule has 0 N–H and O–H groups in total. The first-order valence-corrected chi connectivity index (χ1v) is 11.5. The predicted octanol–water partition coefficient (Wildman–Crippen LogP) is 2.86. The second-order valence-electron chi connectivity index (χ2n) is 9.03. The normalized spacial score (nSPS) is 9.97. The van der Waals surface area contributed by atoms with Crippen LogP contribution in [0.4, 0.5) is 0 Å². The summed E-state index contributed by atoms with van der Waals surface area (Å²) in [7, 11) is 0. The molecule has 180 valence electrons. The smallest absolute Gasteiger partial charge is 0.550 e. The van der Waals surface area contributed by atoms with Crippen LogP contribution in [-0.2, 0) is 14.4 Å². The summed E-state index contributed by atoms with van der Waals surface area (Å²) < 4.78 is 0. The van der Waals surface area contributed by atoms with E-state index in [1.54, 1.807) is 0 Å². The van der Waals surface area contributed by atoms with Gasteiger partial charge >= 0.3 is 35.6 Å². The number of hydrogen-bond acceptors (Lipinski definition) is 6. The van der Waals surface area contributed by atoms with Gasteiger partial charge in [-0.15, -0.1) is 0 Å². The van der Waals surface area contributed by atoms with Crippen LogP contribution in [0.3, 0.4) is 0 Å². The number of carbonyl (C=O) groups is 3. The van der Waals surface area contributed by atoms with E-state index < -0.39 is 17.9 Å². The van der Waals surface area contributed by atoms with Crippen LogP contribution in [0.15, 0.2) is 0 Å². The average Bonchev–Trinajstić information content (AvgIpc) is 2.60. The molecule has 0 amide bonds. The third kappa shape index (κ3) is 53.1. The quantitative estimate of drug-likeness (QED) is 0.280. The van der Waals surface area contributed by atoms with Crippen LogP contribution in [0.5, 0.6) is 0 Å². The van der Waals surface area contributed by atoms with E-state index in [9.17, 15) is 29.7 Å². The van der Waals surface area contributed by atoms with Crippen molar-refractivity contribution < 1.29 is 65.3 Å². The van der Waals surface area contributed by atoms with Gasteiger partial charge < -0.3 is 29.7 Å². The molecule has 6 nitrogen and oxygen atoms in total. The van der Waals surface area contributed by atoms with Crippen LogP contribution in [0.25, 0.3) is 0 Å². The van der Waals surface area contributed by atoms with Crippen molar-refractivity contribution in [2.75, 3.05) is 0 Å². The monoisotopic (exact) mass is 568 g/mol. The molecule has 0 saturated carbocycles. The number of rotatable bonds is 15. The van der Waals surface area contributed by atoms with Gasteiger partial charge in [-0.05, 0) is 56.3 Å². The van der Waals surface area contributed by atoms with E-state index in [1.807, 2.05) is 0 Å². The summed E-state index contributed by atoms with van der Waals surface area (Å²) in [6, 6.07) is 0. The minimum absolute atomic E-state index is 0. The number of carboxylic acid groups (broad SMARTS) is 3. The molecule has 7 heteroatoms. The van der Waals surface area contributed by atoms with Crippen LogP contribution >= 0.6 is 0 Å². The molecule has 0 saturated heterocycles. The van der Waals surface area contributed by atoms with Gasteiger partial charge in [0, 0.05) is 17.9 Å². The third-order valence-corrected chi connectivity index (χ3v) is 4.24. The van der Waals surface area contributed by atoms with Crippen molar-refractivity contribution in [3.8, 4) is 0 Å². The number of carboxylic acids is 3. The Morgan fingerprint density at radius 1 is 0.484 bits per heavy atom. The molecule has 0 rings (SSSR count). The molecule has 0 unspecified atom stereocenters. The Labute approximate surface area is 218 Å². The van der Waals surface area contributed by atoms with Crippen LogP contribution in [-0.4, -0.2) is 17.9 Å². The summed E-state index contributed by atoms with van der Waals surface area (Å²) in [4.78, 5) is 29.8. The number of hydrogen-bond donors (Lipinski definition) is 0. The summed E-state index contributed by atoms with van der Waals surface area (Å²) in [5.74, 6) is -0.735. The first kappa shape index (κ1) is 37.9. The van der Waals surface area contributed by atoms with Crippen molar-refractivity contribution in [1.29, 1.82) is 0 Å². The molecule has 0 heterocycles. The van der Waals surface area contributed by atoms with E-state index >= 15 is 0 Å². The fourth-order valence-electron chi connectivity index (χ4n) is 2.47. The van der Waals surface area contributed by atoms with Crippen molar-refractivity contribution in [2.45, 2.75) is 119 Å². The topological polar surface area (TPSA) is 120 Å². The van der Waals surface area contributed by atoms with Gasteiger partial charge in [-0.1, -0.05) is 80.1 Å². The van der Waals surface area contributed by atoms with Crippen LogP contribution < -0.4 is 15.3 Å². The molecule has 31 heavy (non-hydrogen) atoms. The Hall–Kier alpha value is -0.395. The van der Waals surface area contributed by atoms with Crippen LogP contribution in [0, 0.1) is 53.4 Å². The van der Waals surface area contributed by atoms with Crippen molar-refractivity contribution in [3.63, 3.8) is 0 Å². The van der Waals surface area contributed by atoms with Gasteiger partial charge in [0.2, 0.25) is 0 Å². The van der Waals surface area contributed by atoms with Gasteiger partial charge in [-0.2, -0.15) is 0 Å². The maximum absolute atomic E-state index is 9.93. The first-order valence-electron chi connectivity index (χ1n) is 11.5. The average molecular weight is 569 g/mol. The van der Waals surface area contributed by atoms with Crippen molar-refractivity contribution in [3.05, 3.63) is 0 Å². The number of aliphatic carboxylic acids is 3.